The number of amides is 1. The van der Waals surface area contributed by atoms with Crippen molar-refractivity contribution in [2.24, 2.45) is 0 Å². The van der Waals surface area contributed by atoms with Gasteiger partial charge in [0.15, 0.2) is 0 Å². The minimum absolute atomic E-state index is 0.257. The lowest BCUT2D eigenvalue weighted by Gasteiger charge is -2.34. The summed E-state index contributed by atoms with van der Waals surface area (Å²) in [5.74, 6) is 0.257. The van der Waals surface area contributed by atoms with Crippen LogP contribution in [0.4, 0.5) is 0 Å². The summed E-state index contributed by atoms with van der Waals surface area (Å²) in [5.41, 5.74) is 2.42. The number of benzene rings is 1. The van der Waals surface area contributed by atoms with E-state index in [1.807, 2.05) is 4.90 Å². The third-order valence-corrected chi connectivity index (χ3v) is 5.17. The molecule has 1 N–H and O–H groups in total. The molecule has 2 heterocycles. The number of fused-ring (bicyclic) bond motifs is 1. The molecule has 1 aromatic carbocycles. The molecule has 0 aliphatic carbocycles. The van der Waals surface area contributed by atoms with Crippen LogP contribution < -0.4 is 0 Å². The van der Waals surface area contributed by atoms with Crippen LogP contribution in [0.15, 0.2) is 30.3 Å². The summed E-state index contributed by atoms with van der Waals surface area (Å²) in [4.78, 5) is 17.0. The molecule has 25 heavy (non-hydrogen) atoms. The van der Waals surface area contributed by atoms with Crippen LogP contribution in [0.5, 0.6) is 0 Å². The van der Waals surface area contributed by atoms with Crippen LogP contribution in [0.2, 0.25) is 0 Å². The van der Waals surface area contributed by atoms with Crippen LogP contribution in [0.1, 0.15) is 25.0 Å². The highest BCUT2D eigenvalue weighted by Crippen LogP contribution is 2.19. The maximum Gasteiger partial charge on any atom is 0.224 e. The number of aromatic nitrogens is 1. The summed E-state index contributed by atoms with van der Waals surface area (Å²) < 4.78 is 2.25. The highest BCUT2D eigenvalue weighted by atomic mass is 16.2. The maximum atomic E-state index is 12.6. The first-order valence-electron chi connectivity index (χ1n) is 9.35. The molecule has 0 spiro atoms. The lowest BCUT2D eigenvalue weighted by atomic mass is 10.2. The fourth-order valence-corrected chi connectivity index (χ4v) is 3.68. The largest absolute Gasteiger partial charge is 0.396 e. The summed E-state index contributed by atoms with van der Waals surface area (Å²) in [6.07, 6.45) is 2.46. The zero-order valence-electron chi connectivity index (χ0n) is 15.2. The molecule has 1 amide bonds. The number of para-hydroxylation sites is 1. The SMILES string of the molecule is Cc1cc2ccccc2n1CCC(=O)N1CCN(CCCCO)CC1. The number of rotatable bonds is 7. The number of hydrogen-bond acceptors (Lipinski definition) is 3. The van der Waals surface area contributed by atoms with Crippen LogP contribution in [0.25, 0.3) is 10.9 Å². The molecule has 0 atom stereocenters. The Balaban J connectivity index is 1.49. The number of unbranched alkanes of at least 4 members (excludes halogenated alkanes) is 1. The molecule has 0 unspecified atom stereocenters. The van der Waals surface area contributed by atoms with E-state index in [2.05, 4.69) is 46.7 Å². The summed E-state index contributed by atoms with van der Waals surface area (Å²) in [5, 5.41) is 10.1. The Kier molecular flexibility index (Phi) is 6.10. The predicted octanol–water partition coefficient (Wildman–Crippen LogP) is 2.26. The smallest absolute Gasteiger partial charge is 0.224 e. The van der Waals surface area contributed by atoms with E-state index < -0.39 is 0 Å². The predicted molar refractivity (Wildman–Crippen MR) is 101 cm³/mol. The van der Waals surface area contributed by atoms with Gasteiger partial charge in [-0.1, -0.05) is 18.2 Å². The van der Waals surface area contributed by atoms with E-state index in [0.717, 1.165) is 52.1 Å². The van der Waals surface area contributed by atoms with Crippen molar-refractivity contribution in [3.63, 3.8) is 0 Å². The summed E-state index contributed by atoms with van der Waals surface area (Å²) >= 11 is 0. The normalized spacial score (nSPS) is 15.8. The van der Waals surface area contributed by atoms with E-state index in [9.17, 15) is 4.79 Å². The number of aryl methyl sites for hydroxylation is 2. The Morgan fingerprint density at radius 1 is 1.08 bits per heavy atom. The van der Waals surface area contributed by atoms with Gasteiger partial charge in [0.05, 0.1) is 0 Å². The third kappa shape index (κ3) is 4.41. The lowest BCUT2D eigenvalue weighted by Crippen LogP contribution is -2.49. The van der Waals surface area contributed by atoms with Gasteiger partial charge < -0.3 is 14.6 Å². The van der Waals surface area contributed by atoms with Crippen LogP contribution in [-0.2, 0) is 11.3 Å². The Morgan fingerprint density at radius 2 is 1.84 bits per heavy atom. The van der Waals surface area contributed by atoms with Crippen molar-refractivity contribution in [3.05, 3.63) is 36.0 Å². The Labute approximate surface area is 149 Å². The molecule has 2 aromatic rings. The van der Waals surface area contributed by atoms with Gasteiger partial charge in [0, 0.05) is 57.0 Å². The van der Waals surface area contributed by atoms with Crippen LogP contribution in [-0.4, -0.2) is 64.7 Å². The van der Waals surface area contributed by atoms with Crippen LogP contribution in [0.3, 0.4) is 0 Å². The van der Waals surface area contributed by atoms with Crippen molar-refractivity contribution in [3.8, 4) is 0 Å². The maximum absolute atomic E-state index is 12.6. The lowest BCUT2D eigenvalue weighted by molar-refractivity contribution is -0.133. The number of aliphatic hydroxyl groups is 1. The second-order valence-electron chi connectivity index (χ2n) is 6.90. The van der Waals surface area contributed by atoms with Gasteiger partial charge in [-0.2, -0.15) is 0 Å². The Morgan fingerprint density at radius 3 is 2.60 bits per heavy atom. The topological polar surface area (TPSA) is 48.7 Å². The highest BCUT2D eigenvalue weighted by molar-refractivity contribution is 5.81. The van der Waals surface area contributed by atoms with Crippen molar-refractivity contribution in [2.45, 2.75) is 32.7 Å². The summed E-state index contributed by atoms with van der Waals surface area (Å²) in [6, 6.07) is 10.5. The van der Waals surface area contributed by atoms with Gasteiger partial charge >= 0.3 is 0 Å². The first kappa shape index (κ1) is 18.0. The van der Waals surface area contributed by atoms with Gasteiger partial charge in [0.2, 0.25) is 5.91 Å². The van der Waals surface area contributed by atoms with Crippen molar-refractivity contribution in [1.82, 2.24) is 14.4 Å². The zero-order chi connectivity index (χ0) is 17.6. The first-order valence-corrected chi connectivity index (χ1v) is 9.35. The van der Waals surface area contributed by atoms with Gasteiger partial charge in [-0.15, -0.1) is 0 Å². The van der Waals surface area contributed by atoms with Gasteiger partial charge in [-0.3, -0.25) is 9.69 Å². The molecular formula is C20H29N3O2. The van der Waals surface area contributed by atoms with E-state index in [1.54, 1.807) is 0 Å². The highest BCUT2D eigenvalue weighted by Gasteiger charge is 2.20. The van der Waals surface area contributed by atoms with E-state index in [-0.39, 0.29) is 12.5 Å². The second kappa shape index (κ2) is 8.50. The molecule has 1 aliphatic heterocycles. The number of piperazine rings is 1. The molecule has 1 aliphatic rings. The van der Waals surface area contributed by atoms with E-state index in [1.165, 1.54) is 16.6 Å². The molecule has 5 nitrogen and oxygen atoms in total. The number of hydrogen-bond donors (Lipinski definition) is 1. The molecule has 136 valence electrons. The monoisotopic (exact) mass is 343 g/mol. The summed E-state index contributed by atoms with van der Waals surface area (Å²) in [7, 11) is 0. The molecule has 0 saturated carbocycles. The fraction of sp³-hybridized carbons (Fsp3) is 0.550. The number of aliphatic hydroxyl groups excluding tert-OH is 1. The fourth-order valence-electron chi connectivity index (χ4n) is 3.68. The van der Waals surface area contributed by atoms with Crippen LogP contribution in [0, 0.1) is 6.92 Å². The third-order valence-electron chi connectivity index (χ3n) is 5.17. The van der Waals surface area contributed by atoms with Crippen molar-refractivity contribution in [1.29, 1.82) is 0 Å². The molecule has 0 radical (unpaired) electrons. The number of carbonyl (C=O) groups is 1. The Bertz CT molecular complexity index is 702. The number of carbonyl (C=O) groups excluding carboxylic acids is 1. The molecular weight excluding hydrogens is 314 g/mol. The Hall–Kier alpha value is -1.85. The van der Waals surface area contributed by atoms with Crippen molar-refractivity contribution in [2.75, 3.05) is 39.3 Å². The standard InChI is InChI=1S/C20H29N3O2/c1-17-16-18-6-2-3-7-19(18)23(17)10-8-20(25)22-13-11-21(12-14-22)9-4-5-15-24/h2-3,6-7,16,24H,4-5,8-15H2,1H3. The van der Waals surface area contributed by atoms with Gasteiger partial charge in [-0.25, -0.2) is 0 Å². The van der Waals surface area contributed by atoms with Gasteiger partial charge in [-0.05, 0) is 43.8 Å². The van der Waals surface area contributed by atoms with Crippen molar-refractivity contribution >= 4 is 16.8 Å². The molecule has 3 rings (SSSR count). The number of nitrogens with zero attached hydrogens (tertiary/aromatic N) is 3. The second-order valence-corrected chi connectivity index (χ2v) is 6.90. The quantitative estimate of drug-likeness (QED) is 0.785. The minimum atomic E-state index is 0.257. The van der Waals surface area contributed by atoms with Crippen molar-refractivity contribution < 1.29 is 9.90 Å². The molecule has 5 heteroatoms. The van der Waals surface area contributed by atoms with E-state index in [0.29, 0.717) is 6.42 Å². The van der Waals surface area contributed by atoms with E-state index in [4.69, 9.17) is 5.11 Å². The van der Waals surface area contributed by atoms with E-state index >= 15 is 0 Å². The summed E-state index contributed by atoms with van der Waals surface area (Å²) in [6.45, 7) is 7.69. The molecule has 1 fully saturated rings. The van der Waals surface area contributed by atoms with Gasteiger partial charge in [0.25, 0.3) is 0 Å². The van der Waals surface area contributed by atoms with Gasteiger partial charge in [0.1, 0.15) is 0 Å². The molecule has 1 aromatic heterocycles. The average Bonchev–Trinajstić information content (AvgIpc) is 2.95. The first-order chi connectivity index (χ1) is 12.2. The zero-order valence-corrected chi connectivity index (χ0v) is 15.2. The molecule has 0 bridgehead atoms. The van der Waals surface area contributed by atoms with Crippen LogP contribution >= 0.6 is 0 Å². The molecule has 1 saturated heterocycles. The average molecular weight is 343 g/mol. The minimum Gasteiger partial charge on any atom is -0.396 e.